The molecule has 1 amide bonds. The molecule has 0 aliphatic rings. The summed E-state index contributed by atoms with van der Waals surface area (Å²) in [5, 5.41) is 4.18. The summed E-state index contributed by atoms with van der Waals surface area (Å²) in [5.74, 6) is 0.0174. The van der Waals surface area contributed by atoms with Crippen LogP contribution in [-0.2, 0) is 6.54 Å². The van der Waals surface area contributed by atoms with E-state index in [1.165, 1.54) is 0 Å². The third-order valence-corrected chi connectivity index (χ3v) is 3.80. The molecule has 2 heterocycles. The van der Waals surface area contributed by atoms with Gasteiger partial charge in [-0.3, -0.25) is 9.78 Å². The minimum atomic E-state index is -0.270. The van der Waals surface area contributed by atoms with E-state index in [2.05, 4.69) is 10.3 Å². The van der Waals surface area contributed by atoms with Gasteiger partial charge in [-0.2, -0.15) is 0 Å². The maximum atomic E-state index is 12.3. The topological polar surface area (TPSA) is 55.1 Å². The van der Waals surface area contributed by atoms with Gasteiger partial charge in [0, 0.05) is 16.6 Å². The van der Waals surface area contributed by atoms with Gasteiger partial charge >= 0.3 is 0 Å². The average Bonchev–Trinajstić information content (AvgIpc) is 2.84. The van der Waals surface area contributed by atoms with Crippen molar-refractivity contribution in [3.63, 3.8) is 0 Å². The van der Waals surface area contributed by atoms with Crippen molar-refractivity contribution in [3.8, 4) is 0 Å². The Hall–Kier alpha value is -2.33. The maximum Gasteiger partial charge on any atom is 0.287 e. The number of fused-ring (bicyclic) bond motifs is 1. The van der Waals surface area contributed by atoms with E-state index in [4.69, 9.17) is 16.0 Å². The minimum Gasteiger partial charge on any atom is -0.449 e. The number of amides is 1. The second kappa shape index (κ2) is 5.81. The van der Waals surface area contributed by atoms with Crippen LogP contribution < -0.4 is 5.32 Å². The molecule has 3 aromatic rings. The first-order valence-corrected chi connectivity index (χ1v) is 7.32. The summed E-state index contributed by atoms with van der Waals surface area (Å²) in [7, 11) is 0. The number of rotatable bonds is 3. The molecule has 1 N–H and O–H groups in total. The van der Waals surface area contributed by atoms with E-state index in [0.717, 1.165) is 22.3 Å². The van der Waals surface area contributed by atoms with Crippen molar-refractivity contribution in [2.24, 2.45) is 0 Å². The molecule has 0 unspecified atom stereocenters. The molecule has 0 fully saturated rings. The zero-order chi connectivity index (χ0) is 15.7. The quantitative estimate of drug-likeness (QED) is 0.794. The Bertz CT molecular complexity index is 855. The summed E-state index contributed by atoms with van der Waals surface area (Å²) < 4.78 is 5.64. The normalized spacial score (nSPS) is 10.9. The van der Waals surface area contributed by atoms with Crippen molar-refractivity contribution in [3.05, 3.63) is 64.1 Å². The molecule has 0 spiro atoms. The second-order valence-corrected chi connectivity index (χ2v) is 5.53. The van der Waals surface area contributed by atoms with Gasteiger partial charge in [-0.15, -0.1) is 0 Å². The minimum absolute atomic E-state index is 0.270. The van der Waals surface area contributed by atoms with Crippen LogP contribution in [-0.4, -0.2) is 10.9 Å². The zero-order valence-corrected chi connectivity index (χ0v) is 13.1. The monoisotopic (exact) mass is 314 g/mol. The van der Waals surface area contributed by atoms with Crippen LogP contribution >= 0.6 is 11.6 Å². The van der Waals surface area contributed by atoms with Crippen molar-refractivity contribution in [2.75, 3.05) is 0 Å². The van der Waals surface area contributed by atoms with Gasteiger partial charge in [-0.25, -0.2) is 0 Å². The molecule has 3 rings (SSSR count). The van der Waals surface area contributed by atoms with Crippen molar-refractivity contribution >= 4 is 28.5 Å². The highest BCUT2D eigenvalue weighted by Crippen LogP contribution is 2.30. The molecular formula is C17H15ClN2O2. The Balaban J connectivity index is 1.83. The van der Waals surface area contributed by atoms with Crippen molar-refractivity contribution < 1.29 is 9.21 Å². The van der Waals surface area contributed by atoms with E-state index >= 15 is 0 Å². The van der Waals surface area contributed by atoms with Crippen LogP contribution in [0.5, 0.6) is 0 Å². The molecule has 0 atom stereocenters. The second-order valence-electron chi connectivity index (χ2n) is 5.13. The van der Waals surface area contributed by atoms with E-state index in [0.29, 0.717) is 17.2 Å². The van der Waals surface area contributed by atoms with Crippen molar-refractivity contribution in [2.45, 2.75) is 20.4 Å². The molecule has 0 aliphatic carbocycles. The van der Waals surface area contributed by atoms with Gasteiger partial charge < -0.3 is 9.73 Å². The van der Waals surface area contributed by atoms with Crippen LogP contribution in [0.15, 0.2) is 40.8 Å². The molecule has 5 heteroatoms. The Labute approximate surface area is 133 Å². The summed E-state index contributed by atoms with van der Waals surface area (Å²) in [5.41, 5.74) is 3.05. The van der Waals surface area contributed by atoms with Gasteiger partial charge in [0.05, 0.1) is 17.3 Å². The molecule has 0 radical (unpaired) electrons. The molecule has 0 saturated heterocycles. The maximum absolute atomic E-state index is 12.3. The summed E-state index contributed by atoms with van der Waals surface area (Å²) in [6, 6.07) is 11.2. The Morgan fingerprint density at radius 2 is 2.00 bits per heavy atom. The van der Waals surface area contributed by atoms with Crippen LogP contribution in [0, 0.1) is 13.8 Å². The summed E-state index contributed by atoms with van der Waals surface area (Å²) >= 11 is 6.10. The molecule has 0 bridgehead atoms. The first-order chi connectivity index (χ1) is 10.6. The standard InChI is InChI=1S/C17H15ClN2O2/c1-10-5-3-6-12(20-10)9-19-17(21)15-11(2)13-7-4-8-14(18)16(13)22-15/h3-8H,9H2,1-2H3,(H,19,21). The molecule has 0 saturated carbocycles. The molecule has 1 aromatic carbocycles. The molecule has 112 valence electrons. The first-order valence-electron chi connectivity index (χ1n) is 6.94. The Morgan fingerprint density at radius 1 is 1.23 bits per heavy atom. The fourth-order valence-corrected chi connectivity index (χ4v) is 2.59. The number of pyridine rings is 1. The molecule has 0 aliphatic heterocycles. The number of hydrogen-bond donors (Lipinski definition) is 1. The SMILES string of the molecule is Cc1cccc(CNC(=O)c2oc3c(Cl)cccc3c2C)n1. The number of hydrogen-bond acceptors (Lipinski definition) is 3. The van der Waals surface area contributed by atoms with E-state index in [-0.39, 0.29) is 11.7 Å². The average molecular weight is 315 g/mol. The Kier molecular flexibility index (Phi) is 3.86. The zero-order valence-electron chi connectivity index (χ0n) is 12.3. The van der Waals surface area contributed by atoms with Crippen LogP contribution in [0.25, 0.3) is 11.0 Å². The van der Waals surface area contributed by atoms with Crippen LogP contribution in [0.4, 0.5) is 0 Å². The number of halogens is 1. The number of carbonyl (C=O) groups is 1. The third kappa shape index (κ3) is 2.70. The van der Waals surface area contributed by atoms with Gasteiger partial charge in [0.15, 0.2) is 11.3 Å². The lowest BCUT2D eigenvalue weighted by molar-refractivity contribution is 0.0924. The van der Waals surface area contributed by atoms with Gasteiger partial charge in [0.1, 0.15) is 0 Å². The highest BCUT2D eigenvalue weighted by atomic mass is 35.5. The van der Waals surface area contributed by atoms with Gasteiger partial charge in [0.25, 0.3) is 5.91 Å². The third-order valence-electron chi connectivity index (χ3n) is 3.50. The van der Waals surface area contributed by atoms with E-state index in [1.807, 2.05) is 44.2 Å². The largest absolute Gasteiger partial charge is 0.449 e. The van der Waals surface area contributed by atoms with E-state index in [1.54, 1.807) is 6.07 Å². The number of furan rings is 1. The molecule has 4 nitrogen and oxygen atoms in total. The van der Waals surface area contributed by atoms with Crippen LogP contribution in [0.2, 0.25) is 5.02 Å². The van der Waals surface area contributed by atoms with E-state index in [9.17, 15) is 4.79 Å². The van der Waals surface area contributed by atoms with Crippen LogP contribution in [0.3, 0.4) is 0 Å². The van der Waals surface area contributed by atoms with Gasteiger partial charge in [-0.05, 0) is 32.0 Å². The highest BCUT2D eigenvalue weighted by molar-refractivity contribution is 6.35. The summed E-state index contributed by atoms with van der Waals surface area (Å²) in [6.45, 7) is 4.11. The lowest BCUT2D eigenvalue weighted by atomic mass is 10.1. The predicted octanol–water partition coefficient (Wildman–Crippen LogP) is 4.03. The highest BCUT2D eigenvalue weighted by Gasteiger charge is 2.18. The first kappa shape index (κ1) is 14.6. The number of nitrogens with one attached hydrogen (secondary N) is 1. The molecular weight excluding hydrogens is 300 g/mol. The van der Waals surface area contributed by atoms with Crippen LogP contribution in [0.1, 0.15) is 27.5 Å². The fourth-order valence-electron chi connectivity index (χ4n) is 2.37. The number of aromatic nitrogens is 1. The van der Waals surface area contributed by atoms with Crippen molar-refractivity contribution in [1.82, 2.24) is 10.3 Å². The molecule has 22 heavy (non-hydrogen) atoms. The summed E-state index contributed by atoms with van der Waals surface area (Å²) in [6.07, 6.45) is 0. The van der Waals surface area contributed by atoms with Gasteiger partial charge in [0.2, 0.25) is 0 Å². The number of para-hydroxylation sites is 1. The fraction of sp³-hybridized carbons (Fsp3) is 0.176. The smallest absolute Gasteiger partial charge is 0.287 e. The number of nitrogens with zero attached hydrogens (tertiary/aromatic N) is 1. The van der Waals surface area contributed by atoms with Crippen molar-refractivity contribution in [1.29, 1.82) is 0 Å². The number of benzene rings is 1. The van der Waals surface area contributed by atoms with Gasteiger partial charge in [-0.1, -0.05) is 29.8 Å². The number of aryl methyl sites for hydroxylation is 2. The lowest BCUT2D eigenvalue weighted by Crippen LogP contribution is -2.23. The number of carbonyl (C=O) groups excluding carboxylic acids is 1. The summed E-state index contributed by atoms with van der Waals surface area (Å²) in [4.78, 5) is 16.7. The molecule has 2 aromatic heterocycles. The Morgan fingerprint density at radius 3 is 2.73 bits per heavy atom. The predicted molar refractivity (Wildman–Crippen MR) is 86.1 cm³/mol. The lowest BCUT2D eigenvalue weighted by Gasteiger charge is -2.04. The van der Waals surface area contributed by atoms with E-state index < -0.39 is 0 Å².